The van der Waals surface area contributed by atoms with E-state index in [9.17, 15) is 18.4 Å². The van der Waals surface area contributed by atoms with Crippen LogP contribution in [0.5, 0.6) is 5.75 Å². The van der Waals surface area contributed by atoms with Crippen LogP contribution in [0.1, 0.15) is 5.56 Å². The van der Waals surface area contributed by atoms with Gasteiger partial charge in [-0.2, -0.15) is 0 Å². The zero-order valence-corrected chi connectivity index (χ0v) is 15.9. The van der Waals surface area contributed by atoms with Gasteiger partial charge < -0.3 is 10.1 Å². The number of halogens is 2. The molecule has 150 valence electrons. The molecule has 0 unspecified atom stereocenters. The lowest BCUT2D eigenvalue weighted by Crippen LogP contribution is -2.32. The largest absolute Gasteiger partial charge is 0.495 e. The molecule has 0 aromatic heterocycles. The van der Waals surface area contributed by atoms with Crippen LogP contribution in [0.2, 0.25) is 0 Å². The molecule has 0 radical (unpaired) electrons. The van der Waals surface area contributed by atoms with Gasteiger partial charge in [0.1, 0.15) is 11.4 Å². The van der Waals surface area contributed by atoms with Crippen molar-refractivity contribution >= 4 is 28.8 Å². The molecule has 1 aliphatic heterocycles. The fourth-order valence-electron chi connectivity index (χ4n) is 3.27. The molecule has 3 aromatic carbocycles. The van der Waals surface area contributed by atoms with Gasteiger partial charge in [-0.25, -0.2) is 13.7 Å². The van der Waals surface area contributed by atoms with E-state index in [-0.39, 0.29) is 22.6 Å². The maximum absolute atomic E-state index is 13.7. The van der Waals surface area contributed by atoms with Gasteiger partial charge in [-0.1, -0.05) is 42.5 Å². The fourth-order valence-corrected chi connectivity index (χ4v) is 3.27. The van der Waals surface area contributed by atoms with Crippen LogP contribution in [0.15, 0.2) is 78.5 Å². The van der Waals surface area contributed by atoms with Crippen LogP contribution in [-0.4, -0.2) is 18.9 Å². The third kappa shape index (κ3) is 3.30. The summed E-state index contributed by atoms with van der Waals surface area (Å²) in [5.41, 5.74) is 1.02. The molecule has 0 spiro atoms. The molecule has 30 heavy (non-hydrogen) atoms. The molecule has 1 aliphatic rings. The highest BCUT2D eigenvalue weighted by Crippen LogP contribution is 2.37. The fraction of sp³-hybridized carbons (Fsp3) is 0.0435. The average molecular weight is 406 g/mol. The first kappa shape index (κ1) is 19.3. The summed E-state index contributed by atoms with van der Waals surface area (Å²) in [6, 6.07) is 18.4. The number of carbonyl (C=O) groups is 2. The number of ether oxygens (including phenoxy) is 1. The van der Waals surface area contributed by atoms with Crippen LogP contribution in [0.3, 0.4) is 0 Å². The molecular formula is C23H16F2N2O3. The number of nitrogens with one attached hydrogen (secondary N) is 1. The Morgan fingerprint density at radius 3 is 2.23 bits per heavy atom. The first-order valence-electron chi connectivity index (χ1n) is 9.05. The smallest absolute Gasteiger partial charge is 0.282 e. The summed E-state index contributed by atoms with van der Waals surface area (Å²) in [5, 5.41) is 2.79. The van der Waals surface area contributed by atoms with Gasteiger partial charge in [0, 0.05) is 11.8 Å². The molecule has 7 heteroatoms. The van der Waals surface area contributed by atoms with Gasteiger partial charge in [0.15, 0.2) is 11.6 Å². The molecule has 0 atom stereocenters. The highest BCUT2D eigenvalue weighted by Gasteiger charge is 2.41. The lowest BCUT2D eigenvalue weighted by Gasteiger charge is -2.18. The summed E-state index contributed by atoms with van der Waals surface area (Å²) in [4.78, 5) is 27.6. The van der Waals surface area contributed by atoms with E-state index >= 15 is 0 Å². The molecule has 5 nitrogen and oxygen atoms in total. The maximum Gasteiger partial charge on any atom is 0.282 e. The van der Waals surface area contributed by atoms with Crippen LogP contribution in [-0.2, 0) is 9.59 Å². The summed E-state index contributed by atoms with van der Waals surface area (Å²) in [7, 11) is 1.44. The number of para-hydroxylation sites is 2. The first-order chi connectivity index (χ1) is 14.5. The van der Waals surface area contributed by atoms with Crippen molar-refractivity contribution in [2.24, 2.45) is 0 Å². The van der Waals surface area contributed by atoms with Crippen molar-refractivity contribution < 1.29 is 23.1 Å². The Kier molecular flexibility index (Phi) is 5.02. The molecule has 1 N–H and O–H groups in total. The number of hydrogen-bond acceptors (Lipinski definition) is 4. The standard InChI is InChI=1S/C23H16F2N2O3/c1-30-19-10-6-5-9-18(19)27-22(28)20(14-7-3-2-4-8-14)21(23(27)29)26-15-11-12-16(24)17(25)13-15/h2-13,26H,1H3. The van der Waals surface area contributed by atoms with Gasteiger partial charge in [0.25, 0.3) is 11.8 Å². The van der Waals surface area contributed by atoms with Gasteiger partial charge in [-0.3, -0.25) is 9.59 Å². The summed E-state index contributed by atoms with van der Waals surface area (Å²) < 4.78 is 32.3. The highest BCUT2D eigenvalue weighted by molar-refractivity contribution is 6.46. The van der Waals surface area contributed by atoms with E-state index in [0.717, 1.165) is 17.0 Å². The normalized spacial score (nSPS) is 13.8. The predicted molar refractivity (Wildman–Crippen MR) is 109 cm³/mol. The van der Waals surface area contributed by atoms with Crippen molar-refractivity contribution in [2.75, 3.05) is 17.3 Å². The number of anilines is 2. The second kappa shape index (κ2) is 7.79. The minimum absolute atomic E-state index is 0.0388. The Bertz CT molecular complexity index is 1180. The van der Waals surface area contributed by atoms with Crippen molar-refractivity contribution in [3.8, 4) is 5.75 Å². The second-order valence-electron chi connectivity index (χ2n) is 6.49. The molecule has 4 rings (SSSR count). The predicted octanol–water partition coefficient (Wildman–Crippen LogP) is 4.37. The molecule has 2 amide bonds. The third-order valence-electron chi connectivity index (χ3n) is 4.66. The molecule has 0 saturated carbocycles. The molecular weight excluding hydrogens is 390 g/mol. The van der Waals surface area contributed by atoms with Crippen molar-refractivity contribution in [1.82, 2.24) is 0 Å². The average Bonchev–Trinajstić information content (AvgIpc) is 3.00. The summed E-state index contributed by atoms with van der Waals surface area (Å²) in [5.74, 6) is -2.92. The zero-order chi connectivity index (χ0) is 21.3. The number of methoxy groups -OCH3 is 1. The van der Waals surface area contributed by atoms with E-state index in [1.54, 1.807) is 54.6 Å². The first-order valence-corrected chi connectivity index (χ1v) is 9.05. The molecule has 0 aliphatic carbocycles. The van der Waals surface area contributed by atoms with Crippen LogP contribution >= 0.6 is 0 Å². The number of benzene rings is 3. The number of nitrogens with zero attached hydrogens (tertiary/aromatic N) is 1. The SMILES string of the molecule is COc1ccccc1N1C(=O)C(Nc2ccc(F)c(F)c2)=C(c2ccccc2)C1=O. The minimum atomic E-state index is -1.07. The van der Waals surface area contributed by atoms with Crippen LogP contribution in [0, 0.1) is 11.6 Å². The van der Waals surface area contributed by atoms with Gasteiger partial charge in [0.05, 0.1) is 18.4 Å². The van der Waals surface area contributed by atoms with Gasteiger partial charge in [-0.15, -0.1) is 0 Å². The number of carbonyl (C=O) groups excluding carboxylic acids is 2. The molecule has 1 heterocycles. The van der Waals surface area contributed by atoms with Gasteiger partial charge in [0.2, 0.25) is 0 Å². The van der Waals surface area contributed by atoms with Crippen molar-refractivity contribution in [3.63, 3.8) is 0 Å². The monoisotopic (exact) mass is 406 g/mol. The van der Waals surface area contributed by atoms with E-state index in [0.29, 0.717) is 11.3 Å². The van der Waals surface area contributed by atoms with Gasteiger partial charge in [-0.05, 0) is 29.8 Å². The number of hydrogen-bond donors (Lipinski definition) is 1. The van der Waals surface area contributed by atoms with Crippen LogP contribution in [0.25, 0.3) is 5.57 Å². The molecule has 0 fully saturated rings. The Hall–Kier alpha value is -4.00. The molecule has 0 saturated heterocycles. The zero-order valence-electron chi connectivity index (χ0n) is 15.9. The maximum atomic E-state index is 13.7. The van der Waals surface area contributed by atoms with Crippen molar-refractivity contribution in [1.29, 1.82) is 0 Å². The van der Waals surface area contributed by atoms with E-state index in [1.165, 1.54) is 13.2 Å². The lowest BCUT2D eigenvalue weighted by atomic mass is 10.0. The van der Waals surface area contributed by atoms with Gasteiger partial charge >= 0.3 is 0 Å². The number of amides is 2. The van der Waals surface area contributed by atoms with Crippen molar-refractivity contribution in [3.05, 3.63) is 95.7 Å². The van der Waals surface area contributed by atoms with E-state index in [1.807, 2.05) is 0 Å². The summed E-state index contributed by atoms with van der Waals surface area (Å²) >= 11 is 0. The molecule has 0 bridgehead atoms. The Labute approximate surface area is 171 Å². The minimum Gasteiger partial charge on any atom is -0.495 e. The lowest BCUT2D eigenvalue weighted by molar-refractivity contribution is -0.120. The van der Waals surface area contributed by atoms with E-state index < -0.39 is 23.4 Å². The number of imide groups is 1. The number of rotatable bonds is 5. The second-order valence-corrected chi connectivity index (χ2v) is 6.49. The summed E-state index contributed by atoms with van der Waals surface area (Å²) in [6.07, 6.45) is 0. The summed E-state index contributed by atoms with van der Waals surface area (Å²) in [6.45, 7) is 0. The topological polar surface area (TPSA) is 58.6 Å². The quantitative estimate of drug-likeness (QED) is 0.640. The third-order valence-corrected chi connectivity index (χ3v) is 4.66. The Balaban J connectivity index is 1.84. The Morgan fingerprint density at radius 2 is 1.53 bits per heavy atom. The van der Waals surface area contributed by atoms with E-state index in [2.05, 4.69) is 5.32 Å². The van der Waals surface area contributed by atoms with E-state index in [4.69, 9.17) is 4.74 Å². The van der Waals surface area contributed by atoms with Crippen LogP contribution in [0.4, 0.5) is 20.2 Å². The molecule has 3 aromatic rings. The van der Waals surface area contributed by atoms with Crippen molar-refractivity contribution in [2.45, 2.75) is 0 Å². The van der Waals surface area contributed by atoms with Crippen LogP contribution < -0.4 is 15.0 Å². The highest BCUT2D eigenvalue weighted by atomic mass is 19.2. The Morgan fingerprint density at radius 1 is 0.833 bits per heavy atom.